The number of carbonyl (C=O) groups excluding carboxylic acids is 2. The van der Waals surface area contributed by atoms with Crippen LogP contribution in [0.2, 0.25) is 0 Å². The number of unbranched alkanes of at least 4 members (excludes halogenated alkanes) is 4. The third-order valence-corrected chi connectivity index (χ3v) is 3.35. The van der Waals surface area contributed by atoms with E-state index < -0.39 is 11.9 Å². The molecule has 0 amide bonds. The lowest BCUT2D eigenvalue weighted by Gasteiger charge is -2.20. The normalized spacial score (nSPS) is 13.6. The summed E-state index contributed by atoms with van der Waals surface area (Å²) in [5, 5.41) is 0. The molecular weight excluding hydrogens is 240 g/mol. The van der Waals surface area contributed by atoms with Gasteiger partial charge in [0.2, 0.25) is 0 Å². The number of ketones is 1. The highest BCUT2D eigenvalue weighted by atomic mass is 16.5. The number of hydrogen-bond acceptors (Lipinski definition) is 3. The second-order valence-electron chi connectivity index (χ2n) is 4.94. The van der Waals surface area contributed by atoms with Crippen LogP contribution in [0.5, 0.6) is 0 Å². The van der Waals surface area contributed by atoms with Crippen molar-refractivity contribution in [1.29, 1.82) is 0 Å². The van der Waals surface area contributed by atoms with Gasteiger partial charge in [0.15, 0.2) is 0 Å². The van der Waals surface area contributed by atoms with Crippen LogP contribution in [0.4, 0.5) is 0 Å². The smallest absolute Gasteiger partial charge is 0.317 e. The number of Topliss-reactive ketones (excluding diaryl/α,β-unsaturated/α-hetero) is 1. The summed E-state index contributed by atoms with van der Waals surface area (Å²) >= 11 is 0. The van der Waals surface area contributed by atoms with Crippen LogP contribution in [-0.4, -0.2) is 18.4 Å². The molecule has 0 rings (SSSR count). The molecule has 0 aliphatic rings. The van der Waals surface area contributed by atoms with Crippen molar-refractivity contribution in [2.75, 3.05) is 6.61 Å². The van der Waals surface area contributed by atoms with E-state index in [2.05, 4.69) is 13.5 Å². The zero-order chi connectivity index (χ0) is 14.7. The molecule has 0 heterocycles. The van der Waals surface area contributed by atoms with Crippen molar-refractivity contribution in [3.63, 3.8) is 0 Å². The summed E-state index contributed by atoms with van der Waals surface area (Å²) < 4.78 is 4.99. The molecule has 0 fully saturated rings. The molecule has 0 aromatic rings. The molecule has 0 aromatic carbocycles. The molecule has 0 saturated heterocycles. The van der Waals surface area contributed by atoms with Gasteiger partial charge in [-0.15, -0.1) is 6.58 Å². The van der Waals surface area contributed by atoms with Crippen LogP contribution in [0.1, 0.15) is 59.3 Å². The van der Waals surface area contributed by atoms with Crippen molar-refractivity contribution in [1.82, 2.24) is 0 Å². The van der Waals surface area contributed by atoms with E-state index in [-0.39, 0.29) is 11.7 Å². The fourth-order valence-corrected chi connectivity index (χ4v) is 2.28. The number of carbonyl (C=O) groups is 2. The topological polar surface area (TPSA) is 43.4 Å². The lowest BCUT2D eigenvalue weighted by Crippen LogP contribution is -2.30. The van der Waals surface area contributed by atoms with Gasteiger partial charge in [-0.3, -0.25) is 9.59 Å². The predicted molar refractivity (Wildman–Crippen MR) is 77.9 cm³/mol. The summed E-state index contributed by atoms with van der Waals surface area (Å²) in [5.41, 5.74) is 0. The summed E-state index contributed by atoms with van der Waals surface area (Å²) in [6, 6.07) is 0. The van der Waals surface area contributed by atoms with Crippen molar-refractivity contribution >= 4 is 11.8 Å². The van der Waals surface area contributed by atoms with Gasteiger partial charge in [-0.05, 0) is 26.2 Å². The molecule has 0 aromatic heterocycles. The lowest BCUT2D eigenvalue weighted by molar-refractivity contribution is -0.152. The number of hydrogen-bond donors (Lipinski definition) is 0. The Bertz CT molecular complexity index is 284. The zero-order valence-corrected chi connectivity index (χ0v) is 12.6. The molecular formula is C16H28O3. The number of rotatable bonds is 11. The number of esters is 1. The van der Waals surface area contributed by atoms with Gasteiger partial charge in [0.25, 0.3) is 0 Å². The molecule has 3 nitrogen and oxygen atoms in total. The minimum Gasteiger partial charge on any atom is -0.465 e. The van der Waals surface area contributed by atoms with Crippen molar-refractivity contribution in [3.05, 3.63) is 12.7 Å². The molecule has 0 N–H and O–H groups in total. The van der Waals surface area contributed by atoms with Crippen LogP contribution in [-0.2, 0) is 14.3 Å². The fraction of sp³-hybridized carbons (Fsp3) is 0.750. The van der Waals surface area contributed by atoms with E-state index in [1.807, 2.05) is 0 Å². The lowest BCUT2D eigenvalue weighted by atomic mass is 9.85. The first-order chi connectivity index (χ1) is 9.08. The molecule has 3 heteroatoms. The standard InChI is InChI=1S/C16H28O3/c1-5-8-9-10-11-12-14(6-2)15(13(4)17)16(18)19-7-3/h6,14-15H,2,5,7-12H2,1,3-4H3. The Hall–Kier alpha value is -1.12. The largest absolute Gasteiger partial charge is 0.465 e. The fourth-order valence-electron chi connectivity index (χ4n) is 2.28. The molecule has 2 unspecified atom stereocenters. The molecule has 19 heavy (non-hydrogen) atoms. The maximum absolute atomic E-state index is 11.8. The monoisotopic (exact) mass is 268 g/mol. The second kappa shape index (κ2) is 10.8. The summed E-state index contributed by atoms with van der Waals surface area (Å²) in [4.78, 5) is 23.5. The SMILES string of the molecule is C=CC(CCCCCCC)C(C(C)=O)C(=O)OCC. The van der Waals surface area contributed by atoms with Crippen LogP contribution in [0.25, 0.3) is 0 Å². The van der Waals surface area contributed by atoms with E-state index in [0.717, 1.165) is 19.3 Å². The number of allylic oxidation sites excluding steroid dienone is 1. The second-order valence-corrected chi connectivity index (χ2v) is 4.94. The molecule has 0 saturated carbocycles. The Morgan fingerprint density at radius 3 is 2.26 bits per heavy atom. The summed E-state index contributed by atoms with van der Waals surface area (Å²) in [5.74, 6) is -1.31. The maximum atomic E-state index is 11.8. The first-order valence-corrected chi connectivity index (χ1v) is 7.38. The third-order valence-electron chi connectivity index (χ3n) is 3.35. The van der Waals surface area contributed by atoms with Crippen LogP contribution in [0.3, 0.4) is 0 Å². The summed E-state index contributed by atoms with van der Waals surface area (Å²) in [6.45, 7) is 9.46. The van der Waals surface area contributed by atoms with Gasteiger partial charge >= 0.3 is 5.97 Å². The van der Waals surface area contributed by atoms with E-state index in [1.165, 1.54) is 26.2 Å². The Morgan fingerprint density at radius 1 is 1.16 bits per heavy atom. The average molecular weight is 268 g/mol. The van der Waals surface area contributed by atoms with Gasteiger partial charge in [-0.25, -0.2) is 0 Å². The molecule has 0 spiro atoms. The van der Waals surface area contributed by atoms with E-state index >= 15 is 0 Å². The van der Waals surface area contributed by atoms with Crippen LogP contribution >= 0.6 is 0 Å². The quantitative estimate of drug-likeness (QED) is 0.247. The van der Waals surface area contributed by atoms with E-state index in [0.29, 0.717) is 6.61 Å². The molecule has 0 bridgehead atoms. The first kappa shape index (κ1) is 17.9. The van der Waals surface area contributed by atoms with E-state index in [9.17, 15) is 9.59 Å². The van der Waals surface area contributed by atoms with Crippen molar-refractivity contribution < 1.29 is 14.3 Å². The highest BCUT2D eigenvalue weighted by Gasteiger charge is 2.31. The Morgan fingerprint density at radius 2 is 1.79 bits per heavy atom. The van der Waals surface area contributed by atoms with Crippen LogP contribution in [0.15, 0.2) is 12.7 Å². The Kier molecular flexibility index (Phi) is 10.1. The zero-order valence-electron chi connectivity index (χ0n) is 12.6. The maximum Gasteiger partial charge on any atom is 0.317 e. The van der Waals surface area contributed by atoms with E-state index in [1.54, 1.807) is 13.0 Å². The minimum atomic E-state index is -0.677. The van der Waals surface area contributed by atoms with Gasteiger partial charge in [-0.1, -0.05) is 45.1 Å². The summed E-state index contributed by atoms with van der Waals surface area (Å²) in [6.07, 6.45) is 8.39. The van der Waals surface area contributed by atoms with Gasteiger partial charge in [-0.2, -0.15) is 0 Å². The van der Waals surface area contributed by atoms with Gasteiger partial charge in [0, 0.05) is 0 Å². The third kappa shape index (κ3) is 7.14. The first-order valence-electron chi connectivity index (χ1n) is 7.38. The molecule has 2 atom stereocenters. The Balaban J connectivity index is 4.37. The van der Waals surface area contributed by atoms with E-state index in [4.69, 9.17) is 4.74 Å². The van der Waals surface area contributed by atoms with Gasteiger partial charge in [0.1, 0.15) is 11.7 Å². The van der Waals surface area contributed by atoms with Crippen molar-refractivity contribution in [2.24, 2.45) is 11.8 Å². The molecule has 0 aliphatic carbocycles. The van der Waals surface area contributed by atoms with Crippen molar-refractivity contribution in [2.45, 2.75) is 59.3 Å². The molecule has 110 valence electrons. The predicted octanol–water partition coefficient (Wildman–Crippen LogP) is 3.92. The summed E-state index contributed by atoms with van der Waals surface area (Å²) in [7, 11) is 0. The molecule has 0 radical (unpaired) electrons. The molecule has 0 aliphatic heterocycles. The van der Waals surface area contributed by atoms with Crippen molar-refractivity contribution in [3.8, 4) is 0 Å². The minimum absolute atomic E-state index is 0.0989. The highest BCUT2D eigenvalue weighted by Crippen LogP contribution is 2.23. The van der Waals surface area contributed by atoms with Crippen LogP contribution in [0, 0.1) is 11.8 Å². The average Bonchev–Trinajstić information content (AvgIpc) is 2.36. The van der Waals surface area contributed by atoms with Gasteiger partial charge < -0.3 is 4.74 Å². The highest BCUT2D eigenvalue weighted by molar-refractivity contribution is 5.98. The van der Waals surface area contributed by atoms with Gasteiger partial charge in [0.05, 0.1) is 6.61 Å². The number of ether oxygens (including phenoxy) is 1. The Labute approximate surface area is 117 Å². The van der Waals surface area contributed by atoms with Crippen LogP contribution < -0.4 is 0 Å².